The molecule has 10 heteroatoms. The fourth-order valence-electron chi connectivity index (χ4n) is 4.95. The van der Waals surface area contributed by atoms with Crippen LogP contribution in [0.2, 0.25) is 0 Å². The van der Waals surface area contributed by atoms with Gasteiger partial charge in [-0.1, -0.05) is 72.0 Å². The number of benzene rings is 2. The van der Waals surface area contributed by atoms with Crippen LogP contribution in [0.5, 0.6) is 0 Å². The first-order valence-electron chi connectivity index (χ1n) is 13.0. The molecule has 2 aromatic heterocycles. The van der Waals surface area contributed by atoms with Gasteiger partial charge in [0.15, 0.2) is 4.80 Å². The van der Waals surface area contributed by atoms with Gasteiger partial charge in [0.1, 0.15) is 5.76 Å². The second kappa shape index (κ2) is 11.4. The van der Waals surface area contributed by atoms with Crippen LogP contribution in [-0.4, -0.2) is 43.4 Å². The van der Waals surface area contributed by atoms with Crippen molar-refractivity contribution < 1.29 is 18.7 Å². The average Bonchev–Trinajstić information content (AvgIpc) is 3.51. The first-order chi connectivity index (χ1) is 19.5. The number of halogens is 1. The zero-order chi connectivity index (χ0) is 27.6. The highest BCUT2D eigenvalue weighted by Gasteiger charge is 2.35. The van der Waals surface area contributed by atoms with Gasteiger partial charge in [-0.15, -0.1) is 0 Å². The van der Waals surface area contributed by atoms with E-state index in [4.69, 9.17) is 18.9 Å². The number of carbonyl (C=O) groups excluding carboxylic acids is 1. The summed E-state index contributed by atoms with van der Waals surface area (Å²) in [5.41, 5.74) is 2.13. The van der Waals surface area contributed by atoms with Crippen molar-refractivity contribution in [3.8, 4) is 0 Å². The number of carbonyl (C=O) groups is 1. The van der Waals surface area contributed by atoms with Crippen LogP contribution in [0.3, 0.4) is 0 Å². The molecule has 0 spiro atoms. The smallest absolute Gasteiger partial charge is 0.338 e. The number of anilines is 1. The fourth-order valence-corrected chi connectivity index (χ4v) is 6.49. The number of esters is 1. The second-order valence-corrected chi connectivity index (χ2v) is 11.1. The van der Waals surface area contributed by atoms with E-state index in [1.807, 2.05) is 66.7 Å². The minimum Gasteiger partial charge on any atom is -0.463 e. The van der Waals surface area contributed by atoms with E-state index in [0.29, 0.717) is 45.5 Å². The summed E-state index contributed by atoms with van der Waals surface area (Å²) in [6.45, 7) is 4.68. The number of furan rings is 1. The number of hydrogen-bond donors (Lipinski definition) is 0. The van der Waals surface area contributed by atoms with Gasteiger partial charge in [0.05, 0.1) is 46.1 Å². The van der Waals surface area contributed by atoms with Crippen LogP contribution in [0.1, 0.15) is 29.9 Å². The Balaban J connectivity index is 1.55. The first-order valence-corrected chi connectivity index (χ1v) is 14.6. The van der Waals surface area contributed by atoms with Gasteiger partial charge in [0.2, 0.25) is 5.88 Å². The highest BCUT2D eigenvalue weighted by atomic mass is 79.9. The summed E-state index contributed by atoms with van der Waals surface area (Å²) in [6, 6.07) is 20.2. The summed E-state index contributed by atoms with van der Waals surface area (Å²) >= 11 is 4.87. The molecule has 1 atom stereocenters. The van der Waals surface area contributed by atoms with Crippen molar-refractivity contribution >= 4 is 50.9 Å². The van der Waals surface area contributed by atoms with Crippen molar-refractivity contribution in [1.29, 1.82) is 0 Å². The highest BCUT2D eigenvalue weighted by molar-refractivity contribution is 9.10. The van der Waals surface area contributed by atoms with Gasteiger partial charge in [0, 0.05) is 30.8 Å². The monoisotopic (exact) mass is 619 g/mol. The molecule has 204 valence electrons. The maximum absolute atomic E-state index is 14.0. The van der Waals surface area contributed by atoms with Crippen molar-refractivity contribution in [2.75, 3.05) is 37.8 Å². The van der Waals surface area contributed by atoms with Gasteiger partial charge in [-0.3, -0.25) is 9.36 Å². The minimum atomic E-state index is -0.707. The molecule has 4 heterocycles. The predicted molar refractivity (Wildman–Crippen MR) is 157 cm³/mol. The number of morpholine rings is 1. The maximum atomic E-state index is 14.0. The van der Waals surface area contributed by atoms with Crippen LogP contribution in [0, 0.1) is 0 Å². The lowest BCUT2D eigenvalue weighted by molar-refractivity contribution is -0.138. The number of hydrogen-bond acceptors (Lipinski definition) is 8. The van der Waals surface area contributed by atoms with Crippen LogP contribution in [0.4, 0.5) is 5.88 Å². The molecule has 0 amide bonds. The molecule has 0 bridgehead atoms. The van der Waals surface area contributed by atoms with Crippen molar-refractivity contribution in [2.45, 2.75) is 13.0 Å². The Bertz CT molecular complexity index is 1750. The van der Waals surface area contributed by atoms with E-state index < -0.39 is 12.0 Å². The Kier molecular flexibility index (Phi) is 7.55. The Morgan fingerprint density at radius 2 is 1.82 bits per heavy atom. The Morgan fingerprint density at radius 3 is 2.52 bits per heavy atom. The topological polar surface area (TPSA) is 86.3 Å². The van der Waals surface area contributed by atoms with Gasteiger partial charge in [-0.05, 0) is 28.4 Å². The number of nitrogens with zero attached hydrogens (tertiary/aromatic N) is 3. The van der Waals surface area contributed by atoms with Crippen molar-refractivity contribution in [3.63, 3.8) is 0 Å². The van der Waals surface area contributed by atoms with Gasteiger partial charge < -0.3 is 18.8 Å². The van der Waals surface area contributed by atoms with Crippen molar-refractivity contribution in [2.24, 2.45) is 4.99 Å². The Hall–Kier alpha value is -3.73. The summed E-state index contributed by atoms with van der Waals surface area (Å²) in [5.74, 6) is 0.751. The molecule has 0 saturated carbocycles. The largest absolute Gasteiger partial charge is 0.463 e. The summed E-state index contributed by atoms with van der Waals surface area (Å²) in [7, 11) is 0. The van der Waals surface area contributed by atoms with Crippen molar-refractivity contribution in [3.05, 3.63) is 113 Å². The van der Waals surface area contributed by atoms with Gasteiger partial charge in [-0.2, -0.15) is 0 Å². The van der Waals surface area contributed by atoms with Crippen molar-refractivity contribution in [1.82, 2.24) is 4.57 Å². The predicted octanol–water partition coefficient (Wildman–Crippen LogP) is 4.13. The number of fused-ring (bicyclic) bond motifs is 1. The molecule has 40 heavy (non-hydrogen) atoms. The number of aromatic nitrogens is 1. The van der Waals surface area contributed by atoms with Crippen LogP contribution in [0.25, 0.3) is 11.8 Å². The zero-order valence-electron chi connectivity index (χ0n) is 21.7. The zero-order valence-corrected chi connectivity index (χ0v) is 24.1. The highest BCUT2D eigenvalue weighted by Crippen LogP contribution is 2.35. The minimum absolute atomic E-state index is 0.204. The quantitative estimate of drug-likeness (QED) is 0.302. The van der Waals surface area contributed by atoms with Crippen LogP contribution in [-0.2, 0) is 14.3 Å². The van der Waals surface area contributed by atoms with E-state index in [2.05, 4.69) is 20.8 Å². The average molecular weight is 621 g/mol. The molecule has 0 N–H and O–H groups in total. The lowest BCUT2D eigenvalue weighted by atomic mass is 9.93. The van der Waals surface area contributed by atoms with Crippen LogP contribution < -0.4 is 19.8 Å². The van der Waals surface area contributed by atoms with Crippen LogP contribution >= 0.6 is 27.3 Å². The molecule has 8 nitrogen and oxygen atoms in total. The molecule has 0 radical (unpaired) electrons. The third kappa shape index (κ3) is 4.98. The molecule has 0 aliphatic carbocycles. The third-order valence-electron chi connectivity index (χ3n) is 6.75. The maximum Gasteiger partial charge on any atom is 0.338 e. The molecule has 1 fully saturated rings. The second-order valence-electron chi connectivity index (χ2n) is 9.24. The molecule has 2 aliphatic heterocycles. The van der Waals surface area contributed by atoms with E-state index in [0.717, 1.165) is 28.7 Å². The lowest BCUT2D eigenvalue weighted by Crippen LogP contribution is -2.39. The van der Waals surface area contributed by atoms with E-state index in [9.17, 15) is 9.59 Å². The van der Waals surface area contributed by atoms with Gasteiger partial charge in [-0.25, -0.2) is 9.79 Å². The van der Waals surface area contributed by atoms with E-state index in [-0.39, 0.29) is 12.2 Å². The third-order valence-corrected chi connectivity index (χ3v) is 8.30. The van der Waals surface area contributed by atoms with E-state index >= 15 is 0 Å². The molecule has 0 unspecified atom stereocenters. The molecule has 4 aromatic rings. The summed E-state index contributed by atoms with van der Waals surface area (Å²) < 4.78 is 20.0. The van der Waals surface area contributed by atoms with Gasteiger partial charge in [0.25, 0.3) is 5.56 Å². The first kappa shape index (κ1) is 26.5. The fraction of sp³-hybridized carbons (Fsp3) is 0.233. The van der Waals surface area contributed by atoms with E-state index in [1.54, 1.807) is 17.6 Å². The number of ether oxygens (including phenoxy) is 2. The Labute approximate surface area is 242 Å². The molecule has 2 aliphatic rings. The molecular weight excluding hydrogens is 594 g/mol. The molecule has 1 saturated heterocycles. The van der Waals surface area contributed by atoms with Crippen LogP contribution in [0.15, 0.2) is 91.0 Å². The summed E-state index contributed by atoms with van der Waals surface area (Å²) in [5, 5.41) is 0. The summed E-state index contributed by atoms with van der Waals surface area (Å²) in [4.78, 5) is 35.0. The Morgan fingerprint density at radius 1 is 1.12 bits per heavy atom. The summed E-state index contributed by atoms with van der Waals surface area (Å²) in [6.07, 6.45) is 1.73. The standard InChI is InChI=1S/C30H26BrN3O5S/c1-2-38-29(36)24-25(19-9-5-3-6-10-19)32-30-34(26(24)20-11-7-4-8-12-20)27(35)23(40-30)18-21-17-22(31)28(39-21)33-13-15-37-16-14-33/h3-12,17-18,26H,2,13-16H2,1H3/b23-18+/t26-/m1/s1. The molecular formula is C30H26BrN3O5S. The molecule has 6 rings (SSSR count). The number of rotatable bonds is 6. The van der Waals surface area contributed by atoms with Gasteiger partial charge >= 0.3 is 5.97 Å². The number of thiazole rings is 1. The lowest BCUT2D eigenvalue weighted by Gasteiger charge is -2.26. The normalized spacial score (nSPS) is 17.5. The van der Waals surface area contributed by atoms with E-state index in [1.165, 1.54) is 11.3 Å². The SMILES string of the molecule is CCOC(=O)C1=C(c2ccccc2)N=c2s/c(=C/c3cc(Br)c(N4CCOCC4)o3)c(=O)n2[C@@H]1c1ccccc1. The molecule has 2 aromatic carbocycles.